The number of aromatic nitrogens is 3. The number of benzene rings is 1. The third-order valence-corrected chi connectivity index (χ3v) is 7.08. The minimum Gasteiger partial charge on any atom is -0.495 e. The van der Waals surface area contributed by atoms with Gasteiger partial charge in [-0.25, -0.2) is 0 Å². The predicted molar refractivity (Wildman–Crippen MR) is 123 cm³/mol. The molecule has 8 heteroatoms. The van der Waals surface area contributed by atoms with E-state index in [4.69, 9.17) is 4.74 Å². The topological polar surface area (TPSA) is 60.3 Å². The number of thiophene rings is 1. The number of carbonyl (C=O) groups is 1. The number of hydrogen-bond donors (Lipinski definition) is 0. The Morgan fingerprint density at radius 3 is 2.73 bits per heavy atom. The molecule has 0 saturated carbocycles. The summed E-state index contributed by atoms with van der Waals surface area (Å²) in [6.45, 7) is 1.99. The van der Waals surface area contributed by atoms with Crippen LogP contribution in [0.1, 0.15) is 41.8 Å². The maximum Gasteiger partial charge on any atom is 0.232 e. The quantitative estimate of drug-likeness (QED) is 0.262. The Morgan fingerprint density at radius 1 is 1.13 bits per heavy atom. The molecule has 0 N–H and O–H groups in total. The van der Waals surface area contributed by atoms with Gasteiger partial charge in [0.05, 0.1) is 17.7 Å². The van der Waals surface area contributed by atoms with Crippen molar-refractivity contribution in [3.63, 3.8) is 0 Å². The SMILES string of the molecule is COc1ccccc1-n1c(SCCCC(=O)c2cccs2)nnc1N1CCCCC1. The van der Waals surface area contributed by atoms with E-state index in [-0.39, 0.29) is 5.78 Å². The second-order valence-corrected chi connectivity index (χ2v) is 9.20. The third kappa shape index (κ3) is 4.70. The molecule has 30 heavy (non-hydrogen) atoms. The van der Waals surface area contributed by atoms with Gasteiger partial charge in [0.1, 0.15) is 5.75 Å². The number of methoxy groups -OCH3 is 1. The molecule has 0 atom stereocenters. The lowest BCUT2D eigenvalue weighted by Crippen LogP contribution is -2.31. The van der Waals surface area contributed by atoms with Gasteiger partial charge in [0.2, 0.25) is 5.95 Å². The van der Waals surface area contributed by atoms with Crippen molar-refractivity contribution in [3.8, 4) is 11.4 Å². The lowest BCUT2D eigenvalue weighted by molar-refractivity contribution is 0.0986. The number of Topliss-reactive ketones (excluding diaryl/α,β-unsaturated/α-hetero) is 1. The zero-order valence-electron chi connectivity index (χ0n) is 17.1. The highest BCUT2D eigenvalue weighted by atomic mass is 32.2. The first-order chi connectivity index (χ1) is 14.8. The van der Waals surface area contributed by atoms with Gasteiger partial charge in [0.15, 0.2) is 10.9 Å². The van der Waals surface area contributed by atoms with E-state index in [1.807, 2.05) is 41.8 Å². The number of ketones is 1. The summed E-state index contributed by atoms with van der Waals surface area (Å²) in [5, 5.41) is 11.8. The molecule has 4 rings (SSSR count). The number of nitrogens with zero attached hydrogens (tertiary/aromatic N) is 4. The van der Waals surface area contributed by atoms with Gasteiger partial charge in [0, 0.05) is 25.3 Å². The van der Waals surface area contributed by atoms with Gasteiger partial charge in [-0.05, 0) is 49.3 Å². The molecule has 0 bridgehead atoms. The molecule has 6 nitrogen and oxygen atoms in total. The van der Waals surface area contributed by atoms with E-state index in [2.05, 4.69) is 19.7 Å². The highest BCUT2D eigenvalue weighted by molar-refractivity contribution is 7.99. The van der Waals surface area contributed by atoms with Gasteiger partial charge in [-0.1, -0.05) is 30.0 Å². The monoisotopic (exact) mass is 442 g/mol. The largest absolute Gasteiger partial charge is 0.495 e. The van der Waals surface area contributed by atoms with Crippen molar-refractivity contribution >= 4 is 34.8 Å². The van der Waals surface area contributed by atoms with Crippen LogP contribution in [-0.2, 0) is 0 Å². The van der Waals surface area contributed by atoms with Gasteiger partial charge in [0.25, 0.3) is 0 Å². The van der Waals surface area contributed by atoms with E-state index >= 15 is 0 Å². The molecule has 2 aromatic heterocycles. The highest BCUT2D eigenvalue weighted by Gasteiger charge is 2.23. The Balaban J connectivity index is 1.52. The van der Waals surface area contributed by atoms with Crippen molar-refractivity contribution in [2.45, 2.75) is 37.3 Å². The first kappa shape index (κ1) is 20.9. The molecule has 1 fully saturated rings. The molecule has 0 radical (unpaired) electrons. The standard InChI is InChI=1S/C22H26N4O2S2/c1-28-19-11-4-3-9-17(19)26-21(25-13-5-2-6-14-25)23-24-22(26)30-16-7-10-18(27)20-12-8-15-29-20/h3-4,8-9,11-12,15H,2,5-7,10,13-14,16H2,1H3. The van der Waals surface area contributed by atoms with E-state index in [1.54, 1.807) is 18.9 Å². The van der Waals surface area contributed by atoms with Crippen LogP contribution in [0.4, 0.5) is 5.95 Å². The summed E-state index contributed by atoms with van der Waals surface area (Å²) in [5.41, 5.74) is 0.947. The summed E-state index contributed by atoms with van der Waals surface area (Å²) >= 11 is 3.15. The predicted octanol–water partition coefficient (Wildman–Crippen LogP) is 5.08. The fourth-order valence-corrected chi connectivity index (χ4v) is 5.21. The molecule has 1 aromatic carbocycles. The zero-order valence-corrected chi connectivity index (χ0v) is 18.8. The lowest BCUT2D eigenvalue weighted by atomic mass is 10.1. The zero-order chi connectivity index (χ0) is 20.8. The van der Waals surface area contributed by atoms with E-state index in [9.17, 15) is 4.79 Å². The number of thioether (sulfide) groups is 1. The van der Waals surface area contributed by atoms with Crippen molar-refractivity contribution in [1.29, 1.82) is 0 Å². The Bertz CT molecular complexity index is 965. The number of carbonyl (C=O) groups excluding carboxylic acids is 1. The summed E-state index contributed by atoms with van der Waals surface area (Å²) in [4.78, 5) is 15.4. The van der Waals surface area contributed by atoms with Crippen LogP contribution < -0.4 is 9.64 Å². The van der Waals surface area contributed by atoms with Crippen LogP contribution in [0.15, 0.2) is 46.9 Å². The molecular formula is C22H26N4O2S2. The molecule has 0 spiro atoms. The van der Waals surface area contributed by atoms with Gasteiger partial charge < -0.3 is 9.64 Å². The summed E-state index contributed by atoms with van der Waals surface area (Å²) in [6, 6.07) is 11.8. The molecule has 3 heterocycles. The maximum absolute atomic E-state index is 12.2. The number of hydrogen-bond acceptors (Lipinski definition) is 7. The average molecular weight is 443 g/mol. The van der Waals surface area contributed by atoms with Gasteiger partial charge in [-0.2, -0.15) is 0 Å². The van der Waals surface area contributed by atoms with Crippen LogP contribution in [0.3, 0.4) is 0 Å². The molecule has 1 saturated heterocycles. The third-order valence-electron chi connectivity index (χ3n) is 5.16. The van der Waals surface area contributed by atoms with Gasteiger partial charge in [-0.3, -0.25) is 9.36 Å². The number of piperidine rings is 1. The summed E-state index contributed by atoms with van der Waals surface area (Å²) in [5.74, 6) is 2.69. The van der Waals surface area contributed by atoms with E-state index < -0.39 is 0 Å². The lowest BCUT2D eigenvalue weighted by Gasteiger charge is -2.28. The van der Waals surface area contributed by atoms with Crippen molar-refractivity contribution in [1.82, 2.24) is 14.8 Å². The summed E-state index contributed by atoms with van der Waals surface area (Å²) in [7, 11) is 1.69. The Morgan fingerprint density at radius 2 is 1.97 bits per heavy atom. The number of para-hydroxylation sites is 2. The van der Waals surface area contributed by atoms with Crippen molar-refractivity contribution in [3.05, 3.63) is 46.7 Å². The number of rotatable bonds is 9. The number of anilines is 1. The molecule has 0 aliphatic carbocycles. The number of ether oxygens (including phenoxy) is 1. The second-order valence-electron chi connectivity index (χ2n) is 7.19. The Labute approximate surface area is 185 Å². The minimum absolute atomic E-state index is 0.214. The van der Waals surface area contributed by atoms with Crippen LogP contribution in [-0.4, -0.2) is 46.5 Å². The van der Waals surface area contributed by atoms with Crippen LogP contribution in [0.5, 0.6) is 5.75 Å². The summed E-state index contributed by atoms with van der Waals surface area (Å²) in [6.07, 6.45) is 4.96. The van der Waals surface area contributed by atoms with E-state index in [0.717, 1.165) is 52.7 Å². The Kier molecular flexibility index (Phi) is 7.07. The molecule has 1 aliphatic rings. The highest BCUT2D eigenvalue weighted by Crippen LogP contribution is 2.33. The molecule has 0 unspecified atom stereocenters. The van der Waals surface area contributed by atoms with Gasteiger partial charge >= 0.3 is 0 Å². The van der Waals surface area contributed by atoms with E-state index in [1.165, 1.54) is 30.6 Å². The molecule has 1 aliphatic heterocycles. The van der Waals surface area contributed by atoms with Crippen molar-refractivity contribution in [2.75, 3.05) is 30.9 Å². The fourth-order valence-electron chi connectivity index (χ4n) is 3.64. The normalized spacial score (nSPS) is 14.1. The minimum atomic E-state index is 0.214. The molecule has 0 amide bonds. The van der Waals surface area contributed by atoms with Crippen LogP contribution >= 0.6 is 23.1 Å². The second kappa shape index (κ2) is 10.1. The summed E-state index contributed by atoms with van der Waals surface area (Å²) < 4.78 is 7.72. The van der Waals surface area contributed by atoms with Gasteiger partial charge in [-0.15, -0.1) is 21.5 Å². The Hall–Kier alpha value is -2.32. The van der Waals surface area contributed by atoms with Crippen LogP contribution in [0.25, 0.3) is 5.69 Å². The average Bonchev–Trinajstić information content (AvgIpc) is 3.47. The van der Waals surface area contributed by atoms with Crippen LogP contribution in [0.2, 0.25) is 0 Å². The maximum atomic E-state index is 12.2. The fraction of sp³-hybridized carbons (Fsp3) is 0.409. The molecular weight excluding hydrogens is 416 g/mol. The molecule has 158 valence electrons. The van der Waals surface area contributed by atoms with E-state index in [0.29, 0.717) is 6.42 Å². The van der Waals surface area contributed by atoms with Crippen molar-refractivity contribution < 1.29 is 9.53 Å². The first-order valence-corrected chi connectivity index (χ1v) is 12.2. The van der Waals surface area contributed by atoms with Crippen molar-refractivity contribution in [2.24, 2.45) is 0 Å². The first-order valence-electron chi connectivity index (χ1n) is 10.3. The van der Waals surface area contributed by atoms with Crippen LogP contribution in [0, 0.1) is 0 Å². The smallest absolute Gasteiger partial charge is 0.232 e. The molecule has 3 aromatic rings.